The number of aromatic nitrogens is 2. The van der Waals surface area contributed by atoms with Crippen molar-refractivity contribution in [1.29, 1.82) is 0 Å². The maximum Gasteiger partial charge on any atom is 0.252 e. The van der Waals surface area contributed by atoms with Crippen LogP contribution < -0.4 is 19.7 Å². The first-order chi connectivity index (χ1) is 14.9. The fraction of sp³-hybridized carbons (Fsp3) is 0.455. The molecule has 0 saturated carbocycles. The van der Waals surface area contributed by atoms with Gasteiger partial charge >= 0.3 is 0 Å². The number of nitrogens with one attached hydrogen (secondary N) is 1. The predicted molar refractivity (Wildman–Crippen MR) is 116 cm³/mol. The fourth-order valence-corrected chi connectivity index (χ4v) is 3.45. The lowest BCUT2D eigenvalue weighted by atomic mass is 10.0. The van der Waals surface area contributed by atoms with E-state index in [1.807, 2.05) is 13.8 Å². The molecule has 0 radical (unpaired) electrons. The topological polar surface area (TPSA) is 96.9 Å². The number of benzene rings is 1. The van der Waals surface area contributed by atoms with Crippen molar-refractivity contribution in [1.82, 2.24) is 20.2 Å². The molecule has 1 aromatic heterocycles. The monoisotopic (exact) mass is 427 g/mol. The maximum absolute atomic E-state index is 13.2. The van der Waals surface area contributed by atoms with Crippen molar-refractivity contribution in [2.75, 3.05) is 45.3 Å². The number of ether oxygens (including phenoxy) is 2. The van der Waals surface area contributed by atoms with Crippen molar-refractivity contribution >= 4 is 17.8 Å². The second kappa shape index (κ2) is 10.1. The highest BCUT2D eigenvalue weighted by molar-refractivity contribution is 5.98. The molecule has 31 heavy (non-hydrogen) atoms. The summed E-state index contributed by atoms with van der Waals surface area (Å²) < 4.78 is 10.5. The minimum Gasteiger partial charge on any atom is -0.497 e. The van der Waals surface area contributed by atoms with Crippen LogP contribution in [0.4, 0.5) is 5.95 Å². The van der Waals surface area contributed by atoms with Gasteiger partial charge in [0.15, 0.2) is 0 Å². The molecule has 9 heteroatoms. The number of carbonyl (C=O) groups excluding carboxylic acids is 2. The van der Waals surface area contributed by atoms with Crippen LogP contribution in [-0.4, -0.2) is 73.1 Å². The Hall–Kier alpha value is -3.36. The van der Waals surface area contributed by atoms with Crippen molar-refractivity contribution in [2.45, 2.75) is 19.9 Å². The lowest BCUT2D eigenvalue weighted by Crippen LogP contribution is -2.56. The Morgan fingerprint density at radius 3 is 2.06 bits per heavy atom. The van der Waals surface area contributed by atoms with E-state index in [0.717, 1.165) is 0 Å². The first-order valence-corrected chi connectivity index (χ1v) is 10.3. The average Bonchev–Trinajstić information content (AvgIpc) is 2.82. The summed E-state index contributed by atoms with van der Waals surface area (Å²) in [5.74, 6) is 1.18. The third kappa shape index (κ3) is 5.42. The van der Waals surface area contributed by atoms with Crippen molar-refractivity contribution < 1.29 is 19.1 Å². The smallest absolute Gasteiger partial charge is 0.252 e. The molecule has 166 valence electrons. The van der Waals surface area contributed by atoms with E-state index in [4.69, 9.17) is 9.47 Å². The lowest BCUT2D eigenvalue weighted by Gasteiger charge is -2.37. The van der Waals surface area contributed by atoms with Gasteiger partial charge in [-0.25, -0.2) is 9.97 Å². The molecular weight excluding hydrogens is 398 g/mol. The Bertz CT molecular complexity index is 876. The van der Waals surface area contributed by atoms with E-state index in [1.165, 1.54) is 14.2 Å². The zero-order chi connectivity index (χ0) is 22.4. The molecule has 3 rings (SSSR count). The van der Waals surface area contributed by atoms with E-state index in [1.54, 1.807) is 41.6 Å². The Morgan fingerprint density at radius 1 is 0.968 bits per heavy atom. The Morgan fingerprint density at radius 2 is 1.55 bits per heavy atom. The van der Waals surface area contributed by atoms with Gasteiger partial charge in [0, 0.05) is 50.2 Å². The number of hydrogen-bond acceptors (Lipinski definition) is 7. The number of rotatable bonds is 7. The summed E-state index contributed by atoms with van der Waals surface area (Å²) in [6.45, 7) is 6.21. The van der Waals surface area contributed by atoms with Crippen LogP contribution in [0.15, 0.2) is 36.7 Å². The predicted octanol–water partition coefficient (Wildman–Crippen LogP) is 1.60. The number of piperazine rings is 1. The molecule has 0 aliphatic carbocycles. The Labute approximate surface area is 182 Å². The molecule has 2 amide bonds. The van der Waals surface area contributed by atoms with Crippen LogP contribution in [0.25, 0.3) is 0 Å². The first-order valence-electron chi connectivity index (χ1n) is 10.3. The van der Waals surface area contributed by atoms with Crippen LogP contribution in [-0.2, 0) is 4.79 Å². The van der Waals surface area contributed by atoms with E-state index in [0.29, 0.717) is 49.2 Å². The molecule has 0 bridgehead atoms. The highest BCUT2D eigenvalue weighted by Crippen LogP contribution is 2.23. The molecule has 1 N–H and O–H groups in total. The average molecular weight is 428 g/mol. The molecule has 1 fully saturated rings. The summed E-state index contributed by atoms with van der Waals surface area (Å²) in [4.78, 5) is 38.5. The number of amides is 2. The molecule has 1 aliphatic heterocycles. The number of carbonyl (C=O) groups is 2. The summed E-state index contributed by atoms with van der Waals surface area (Å²) >= 11 is 0. The van der Waals surface area contributed by atoms with Crippen LogP contribution in [0.3, 0.4) is 0 Å². The molecule has 1 saturated heterocycles. The van der Waals surface area contributed by atoms with E-state index >= 15 is 0 Å². The van der Waals surface area contributed by atoms with Gasteiger partial charge < -0.3 is 24.6 Å². The standard InChI is InChI=1S/C22H29N5O4/c1-15(2)19(25-20(28)16-12-17(30-3)14-18(13-16)31-4)21(29)26-8-10-27(11-9-26)22-23-6-5-7-24-22/h5-7,12-15,19H,8-11H2,1-4H3,(H,25,28)/t19-/m0/s1. The van der Waals surface area contributed by atoms with Gasteiger partial charge in [-0.15, -0.1) is 0 Å². The van der Waals surface area contributed by atoms with Gasteiger partial charge in [-0.3, -0.25) is 9.59 Å². The number of anilines is 1. The number of methoxy groups -OCH3 is 2. The summed E-state index contributed by atoms with van der Waals surface area (Å²) in [5.41, 5.74) is 0.376. The highest BCUT2D eigenvalue weighted by atomic mass is 16.5. The van der Waals surface area contributed by atoms with E-state index in [2.05, 4.69) is 20.2 Å². The van der Waals surface area contributed by atoms with Crippen LogP contribution in [0, 0.1) is 5.92 Å². The molecule has 0 unspecified atom stereocenters. The molecule has 2 aromatic rings. The normalized spacial score (nSPS) is 14.9. The number of nitrogens with zero attached hydrogens (tertiary/aromatic N) is 4. The van der Waals surface area contributed by atoms with Gasteiger partial charge in [-0.2, -0.15) is 0 Å². The SMILES string of the molecule is COc1cc(OC)cc(C(=O)N[C@H](C(=O)N2CCN(c3ncccn3)CC2)C(C)C)c1. The van der Waals surface area contributed by atoms with E-state index < -0.39 is 6.04 Å². The van der Waals surface area contributed by atoms with Crippen molar-refractivity contribution in [2.24, 2.45) is 5.92 Å². The quantitative estimate of drug-likeness (QED) is 0.717. The summed E-state index contributed by atoms with van der Waals surface area (Å²) in [6.07, 6.45) is 3.41. The Balaban J connectivity index is 1.67. The minimum absolute atomic E-state index is 0.0700. The van der Waals surface area contributed by atoms with E-state index in [-0.39, 0.29) is 17.7 Å². The van der Waals surface area contributed by atoms with Gasteiger partial charge in [-0.1, -0.05) is 13.8 Å². The second-order valence-corrected chi connectivity index (χ2v) is 7.66. The largest absolute Gasteiger partial charge is 0.497 e. The summed E-state index contributed by atoms with van der Waals surface area (Å²) in [7, 11) is 3.05. The summed E-state index contributed by atoms with van der Waals surface area (Å²) in [5, 5.41) is 2.90. The molecule has 1 aliphatic rings. The minimum atomic E-state index is -0.635. The van der Waals surface area contributed by atoms with Crippen molar-refractivity contribution in [3.05, 3.63) is 42.2 Å². The summed E-state index contributed by atoms with van der Waals surface area (Å²) in [6, 6.07) is 6.08. The van der Waals surface area contributed by atoms with Gasteiger partial charge in [-0.05, 0) is 24.1 Å². The van der Waals surface area contributed by atoms with Gasteiger partial charge in [0.2, 0.25) is 11.9 Å². The first kappa shape index (κ1) is 22.3. The van der Waals surface area contributed by atoms with E-state index in [9.17, 15) is 9.59 Å². The highest BCUT2D eigenvalue weighted by Gasteiger charge is 2.31. The Kier molecular flexibility index (Phi) is 7.28. The van der Waals surface area contributed by atoms with Gasteiger partial charge in [0.1, 0.15) is 17.5 Å². The molecule has 1 atom stereocenters. The van der Waals surface area contributed by atoms with Crippen LogP contribution in [0.1, 0.15) is 24.2 Å². The maximum atomic E-state index is 13.2. The van der Waals surface area contributed by atoms with Gasteiger partial charge in [0.05, 0.1) is 14.2 Å². The van der Waals surface area contributed by atoms with Crippen molar-refractivity contribution in [3.8, 4) is 11.5 Å². The number of hydrogen-bond donors (Lipinski definition) is 1. The van der Waals surface area contributed by atoms with Crippen LogP contribution >= 0.6 is 0 Å². The zero-order valence-corrected chi connectivity index (χ0v) is 18.4. The van der Waals surface area contributed by atoms with Gasteiger partial charge in [0.25, 0.3) is 5.91 Å². The molecule has 9 nitrogen and oxygen atoms in total. The molecule has 2 heterocycles. The third-order valence-corrected chi connectivity index (χ3v) is 5.26. The fourth-order valence-electron chi connectivity index (χ4n) is 3.45. The third-order valence-electron chi connectivity index (χ3n) is 5.26. The molecular formula is C22H29N5O4. The second-order valence-electron chi connectivity index (χ2n) is 7.66. The lowest BCUT2D eigenvalue weighted by molar-refractivity contribution is -0.134. The van der Waals surface area contributed by atoms with Crippen LogP contribution in [0.2, 0.25) is 0 Å². The van der Waals surface area contributed by atoms with Crippen LogP contribution in [0.5, 0.6) is 11.5 Å². The zero-order valence-electron chi connectivity index (χ0n) is 18.4. The van der Waals surface area contributed by atoms with Crippen molar-refractivity contribution in [3.63, 3.8) is 0 Å². The molecule has 1 aromatic carbocycles. The molecule has 0 spiro atoms.